The highest BCUT2D eigenvalue weighted by molar-refractivity contribution is 7.99. The van der Waals surface area contributed by atoms with Crippen LogP contribution < -0.4 is 16.4 Å². The van der Waals surface area contributed by atoms with Crippen molar-refractivity contribution in [1.82, 2.24) is 25.4 Å². The number of amides is 3. The van der Waals surface area contributed by atoms with E-state index < -0.39 is 6.03 Å². The first-order valence-electron chi connectivity index (χ1n) is 6.80. The van der Waals surface area contributed by atoms with Crippen LogP contribution >= 0.6 is 11.8 Å². The van der Waals surface area contributed by atoms with Gasteiger partial charge in [-0.15, -0.1) is 10.2 Å². The van der Waals surface area contributed by atoms with Crippen molar-refractivity contribution in [3.05, 3.63) is 5.82 Å². The average Bonchev–Trinajstić information content (AvgIpc) is 2.84. The minimum atomic E-state index is -0.478. The molecule has 0 aliphatic rings. The summed E-state index contributed by atoms with van der Waals surface area (Å²) in [6.45, 7) is 7.40. The second-order valence-electron chi connectivity index (χ2n) is 4.79. The van der Waals surface area contributed by atoms with Crippen LogP contribution in [0.25, 0.3) is 0 Å². The molecule has 21 heavy (non-hydrogen) atoms. The molecule has 1 aromatic heterocycles. The Kier molecular flexibility index (Phi) is 7.17. The largest absolute Gasteiger partial charge is 0.338 e. The molecule has 0 spiro atoms. The van der Waals surface area contributed by atoms with Gasteiger partial charge in [-0.1, -0.05) is 25.6 Å². The lowest BCUT2D eigenvalue weighted by Gasteiger charge is -2.08. The number of nitrogens with two attached hydrogens (primary N) is 1. The second-order valence-corrected chi connectivity index (χ2v) is 5.73. The molecule has 4 N–H and O–H groups in total. The van der Waals surface area contributed by atoms with Gasteiger partial charge in [0, 0.05) is 13.1 Å². The van der Waals surface area contributed by atoms with E-state index in [2.05, 4.69) is 20.8 Å². The normalized spacial score (nSPS) is 10.7. The number of rotatable bonds is 7. The van der Waals surface area contributed by atoms with Gasteiger partial charge in [0.15, 0.2) is 5.16 Å². The van der Waals surface area contributed by atoms with E-state index in [0.29, 0.717) is 36.5 Å². The number of carbonyl (C=O) groups is 2. The van der Waals surface area contributed by atoms with Crippen LogP contribution in [0.2, 0.25) is 0 Å². The van der Waals surface area contributed by atoms with Gasteiger partial charge in [0.05, 0.1) is 12.3 Å². The molecule has 0 saturated heterocycles. The first kappa shape index (κ1) is 17.4. The summed E-state index contributed by atoms with van der Waals surface area (Å²) in [6.07, 6.45) is 0. The lowest BCUT2D eigenvalue weighted by Crippen LogP contribution is -2.41. The Morgan fingerprint density at radius 2 is 2.10 bits per heavy atom. The molecule has 9 heteroatoms. The topological polar surface area (TPSA) is 115 Å². The summed E-state index contributed by atoms with van der Waals surface area (Å²) in [5.41, 5.74) is 5.55. The maximum Gasteiger partial charge on any atom is 0.321 e. The SMILES string of the molecule is CCn1c(CN)nnc1SCC(=O)NC(=O)NCC(C)C. The smallest absolute Gasteiger partial charge is 0.321 e. The van der Waals surface area contributed by atoms with Crippen LogP contribution in [0.5, 0.6) is 0 Å². The Bertz CT molecular complexity index is 488. The number of aromatic nitrogens is 3. The van der Waals surface area contributed by atoms with E-state index in [9.17, 15) is 9.59 Å². The lowest BCUT2D eigenvalue weighted by atomic mass is 10.2. The highest BCUT2D eigenvalue weighted by Gasteiger charge is 2.13. The highest BCUT2D eigenvalue weighted by Crippen LogP contribution is 2.16. The van der Waals surface area contributed by atoms with E-state index in [4.69, 9.17) is 5.73 Å². The molecule has 3 amide bonds. The molecule has 1 heterocycles. The molecule has 8 nitrogen and oxygen atoms in total. The minimum absolute atomic E-state index is 0.0950. The van der Waals surface area contributed by atoms with Gasteiger partial charge in [0.25, 0.3) is 0 Å². The number of nitrogens with zero attached hydrogens (tertiary/aromatic N) is 3. The van der Waals surface area contributed by atoms with Crippen LogP contribution in [0, 0.1) is 5.92 Å². The van der Waals surface area contributed by atoms with E-state index in [-0.39, 0.29) is 11.7 Å². The van der Waals surface area contributed by atoms with E-state index >= 15 is 0 Å². The van der Waals surface area contributed by atoms with E-state index in [1.807, 2.05) is 25.3 Å². The zero-order valence-corrected chi connectivity index (χ0v) is 13.4. The summed E-state index contributed by atoms with van der Waals surface area (Å²) in [6, 6.07) is -0.478. The van der Waals surface area contributed by atoms with Crippen molar-refractivity contribution < 1.29 is 9.59 Å². The monoisotopic (exact) mass is 314 g/mol. The summed E-state index contributed by atoms with van der Waals surface area (Å²) in [5.74, 6) is 0.729. The van der Waals surface area contributed by atoms with Crippen molar-refractivity contribution in [2.75, 3.05) is 12.3 Å². The van der Waals surface area contributed by atoms with Crippen molar-refractivity contribution in [3.63, 3.8) is 0 Å². The van der Waals surface area contributed by atoms with Gasteiger partial charge in [-0.25, -0.2) is 4.79 Å². The molecule has 118 valence electrons. The van der Waals surface area contributed by atoms with Gasteiger partial charge in [0.1, 0.15) is 5.82 Å². The third-order valence-corrected chi connectivity index (χ3v) is 3.52. The lowest BCUT2D eigenvalue weighted by molar-refractivity contribution is -0.117. The van der Waals surface area contributed by atoms with Crippen LogP contribution in [-0.4, -0.2) is 39.0 Å². The fourth-order valence-corrected chi connectivity index (χ4v) is 2.35. The second kappa shape index (κ2) is 8.63. The summed E-state index contributed by atoms with van der Waals surface area (Å²) in [7, 11) is 0. The fraction of sp³-hybridized carbons (Fsp3) is 0.667. The molecule has 0 fully saturated rings. The first-order chi connectivity index (χ1) is 9.97. The number of nitrogens with one attached hydrogen (secondary N) is 2. The van der Waals surface area contributed by atoms with E-state index in [0.717, 1.165) is 0 Å². The molecule has 0 aromatic carbocycles. The van der Waals surface area contributed by atoms with Gasteiger partial charge in [-0.05, 0) is 12.8 Å². The van der Waals surface area contributed by atoms with Gasteiger partial charge >= 0.3 is 6.03 Å². The first-order valence-corrected chi connectivity index (χ1v) is 7.79. The van der Waals surface area contributed by atoms with Crippen LogP contribution in [-0.2, 0) is 17.9 Å². The molecule has 0 bridgehead atoms. The number of hydrogen-bond acceptors (Lipinski definition) is 6. The van der Waals surface area contributed by atoms with Gasteiger partial charge in [0.2, 0.25) is 5.91 Å². The summed E-state index contributed by atoms with van der Waals surface area (Å²) in [4.78, 5) is 23.1. The van der Waals surface area contributed by atoms with Gasteiger partial charge in [-0.3, -0.25) is 10.1 Å². The van der Waals surface area contributed by atoms with E-state index in [1.165, 1.54) is 11.8 Å². The van der Waals surface area contributed by atoms with Crippen molar-refractivity contribution in [3.8, 4) is 0 Å². The zero-order chi connectivity index (χ0) is 15.8. The number of thioether (sulfide) groups is 1. The number of hydrogen-bond donors (Lipinski definition) is 3. The predicted molar refractivity (Wildman–Crippen MR) is 80.7 cm³/mol. The average molecular weight is 314 g/mol. The standard InChI is InChI=1S/C12H22N6O2S/c1-4-18-9(5-13)16-17-12(18)21-7-10(19)15-11(20)14-6-8(2)3/h8H,4-7,13H2,1-3H3,(H2,14,15,19,20). The Morgan fingerprint density at radius 3 is 2.67 bits per heavy atom. The van der Waals surface area contributed by atoms with Gasteiger partial charge in [-0.2, -0.15) is 0 Å². The molecule has 0 aliphatic carbocycles. The highest BCUT2D eigenvalue weighted by atomic mass is 32.2. The molecule has 0 unspecified atom stereocenters. The quantitative estimate of drug-likeness (QED) is 0.625. The van der Waals surface area contributed by atoms with E-state index in [1.54, 1.807) is 0 Å². The molecule has 0 radical (unpaired) electrons. The molecule has 0 aliphatic heterocycles. The minimum Gasteiger partial charge on any atom is -0.338 e. The zero-order valence-electron chi connectivity index (χ0n) is 12.5. The van der Waals surface area contributed by atoms with Crippen molar-refractivity contribution in [1.29, 1.82) is 0 Å². The molecular weight excluding hydrogens is 292 g/mol. The molecule has 0 saturated carbocycles. The number of imide groups is 1. The molecule has 1 rings (SSSR count). The van der Waals surface area contributed by atoms with Crippen molar-refractivity contribution in [2.45, 2.75) is 39.0 Å². The predicted octanol–water partition coefficient (Wildman–Crippen LogP) is 0.331. The van der Waals surface area contributed by atoms with Gasteiger partial charge < -0.3 is 15.6 Å². The summed E-state index contributed by atoms with van der Waals surface area (Å²) in [5, 5.41) is 13.4. The van der Waals surface area contributed by atoms with Crippen LogP contribution in [0.4, 0.5) is 4.79 Å². The number of urea groups is 1. The van der Waals surface area contributed by atoms with Crippen molar-refractivity contribution >= 4 is 23.7 Å². The van der Waals surface area contributed by atoms with Crippen molar-refractivity contribution in [2.24, 2.45) is 11.7 Å². The molecule has 0 atom stereocenters. The third kappa shape index (κ3) is 5.72. The van der Waals surface area contributed by atoms with Crippen LogP contribution in [0.15, 0.2) is 5.16 Å². The Balaban J connectivity index is 2.43. The maximum absolute atomic E-state index is 11.7. The molecular formula is C12H22N6O2S. The Labute approximate surface area is 128 Å². The summed E-state index contributed by atoms with van der Waals surface area (Å²) < 4.78 is 1.84. The third-order valence-electron chi connectivity index (χ3n) is 2.55. The Hall–Kier alpha value is -1.61. The Morgan fingerprint density at radius 1 is 1.38 bits per heavy atom. The number of carbonyl (C=O) groups excluding carboxylic acids is 2. The molecule has 1 aromatic rings. The fourth-order valence-electron chi connectivity index (χ4n) is 1.53. The summed E-state index contributed by atoms with van der Waals surface area (Å²) >= 11 is 1.22. The van der Waals surface area contributed by atoms with Crippen LogP contribution in [0.1, 0.15) is 26.6 Å². The van der Waals surface area contributed by atoms with Crippen LogP contribution in [0.3, 0.4) is 0 Å². The maximum atomic E-state index is 11.7.